The van der Waals surface area contributed by atoms with Crippen LogP contribution in [0, 0.1) is 13.8 Å². The van der Waals surface area contributed by atoms with E-state index in [-0.39, 0.29) is 17.7 Å². The predicted octanol–water partition coefficient (Wildman–Crippen LogP) is 3.73. The maximum Gasteiger partial charge on any atom is 0.234 e. The Labute approximate surface area is 188 Å². The number of carbonyl (C=O) groups excluding carboxylic acids is 2. The number of amides is 2. The van der Waals surface area contributed by atoms with Gasteiger partial charge in [-0.1, -0.05) is 65.8 Å². The highest BCUT2D eigenvalue weighted by atomic mass is 16.5. The summed E-state index contributed by atoms with van der Waals surface area (Å²) >= 11 is 0. The fraction of sp³-hybridized carbons (Fsp3) is 0.346. The van der Waals surface area contributed by atoms with Gasteiger partial charge in [-0.05, 0) is 31.4 Å². The van der Waals surface area contributed by atoms with Gasteiger partial charge in [-0.2, -0.15) is 0 Å². The molecule has 6 nitrogen and oxygen atoms in total. The van der Waals surface area contributed by atoms with E-state index in [1.54, 1.807) is 0 Å². The fourth-order valence-electron chi connectivity index (χ4n) is 4.38. The van der Waals surface area contributed by atoms with Crippen molar-refractivity contribution in [2.24, 2.45) is 0 Å². The quantitative estimate of drug-likeness (QED) is 0.597. The van der Waals surface area contributed by atoms with Crippen molar-refractivity contribution in [3.05, 3.63) is 88.8 Å². The van der Waals surface area contributed by atoms with Gasteiger partial charge >= 0.3 is 0 Å². The van der Waals surface area contributed by atoms with E-state index in [4.69, 9.17) is 4.52 Å². The highest BCUT2D eigenvalue weighted by Gasteiger charge is 2.30. The molecule has 3 aromatic rings. The molecule has 0 bridgehead atoms. The van der Waals surface area contributed by atoms with Crippen LogP contribution in [0.15, 0.2) is 65.2 Å². The number of hydrogen-bond donors (Lipinski definition) is 0. The van der Waals surface area contributed by atoms with Gasteiger partial charge in [-0.15, -0.1) is 0 Å². The monoisotopic (exact) mass is 431 g/mol. The number of hydrogen-bond acceptors (Lipinski definition) is 4. The minimum absolute atomic E-state index is 0.0882. The van der Waals surface area contributed by atoms with Crippen molar-refractivity contribution in [1.29, 1.82) is 0 Å². The maximum atomic E-state index is 13.5. The molecule has 0 saturated carbocycles. The lowest BCUT2D eigenvalue weighted by Crippen LogP contribution is -2.51. The molecule has 0 aliphatic carbocycles. The van der Waals surface area contributed by atoms with Crippen LogP contribution < -0.4 is 0 Å². The molecular formula is C26H29N3O3. The first-order chi connectivity index (χ1) is 15.5. The zero-order chi connectivity index (χ0) is 22.5. The predicted molar refractivity (Wildman–Crippen MR) is 122 cm³/mol. The van der Waals surface area contributed by atoms with Crippen LogP contribution in [0.3, 0.4) is 0 Å². The highest BCUT2D eigenvalue weighted by molar-refractivity contribution is 5.87. The molecule has 2 amide bonds. The van der Waals surface area contributed by atoms with Crippen molar-refractivity contribution in [2.75, 3.05) is 26.2 Å². The first kappa shape index (κ1) is 21.8. The summed E-state index contributed by atoms with van der Waals surface area (Å²) in [6, 6.07) is 19.8. The van der Waals surface area contributed by atoms with Crippen LogP contribution in [0.2, 0.25) is 0 Å². The van der Waals surface area contributed by atoms with Crippen molar-refractivity contribution in [3.63, 3.8) is 0 Å². The Balaban J connectivity index is 1.39. The standard InChI is InChI=1S/C26H29N3O3/c1-19-23(20(2)32-27-19)13-14-24(30)28-15-17-29(18-16-28)26(31)25(21-9-5-3-6-10-21)22-11-7-4-8-12-22/h3-12,25H,13-18H2,1-2H3. The third-order valence-electron chi connectivity index (χ3n) is 6.23. The van der Waals surface area contributed by atoms with Crippen molar-refractivity contribution in [3.8, 4) is 0 Å². The van der Waals surface area contributed by atoms with Gasteiger partial charge in [0.1, 0.15) is 5.76 Å². The van der Waals surface area contributed by atoms with E-state index in [0.29, 0.717) is 39.0 Å². The van der Waals surface area contributed by atoms with E-state index in [1.165, 1.54) is 0 Å². The van der Waals surface area contributed by atoms with Gasteiger partial charge in [0.15, 0.2) is 0 Å². The molecule has 0 radical (unpaired) electrons. The summed E-state index contributed by atoms with van der Waals surface area (Å²) in [5, 5.41) is 3.96. The van der Waals surface area contributed by atoms with E-state index in [2.05, 4.69) is 5.16 Å². The normalized spacial score (nSPS) is 14.1. The topological polar surface area (TPSA) is 66.7 Å². The van der Waals surface area contributed by atoms with Crippen LogP contribution in [-0.2, 0) is 16.0 Å². The largest absolute Gasteiger partial charge is 0.361 e. The van der Waals surface area contributed by atoms with Gasteiger partial charge in [0.25, 0.3) is 0 Å². The molecule has 0 atom stereocenters. The van der Waals surface area contributed by atoms with E-state index < -0.39 is 0 Å². The summed E-state index contributed by atoms with van der Waals surface area (Å²) in [6.07, 6.45) is 1.05. The number of benzene rings is 2. The zero-order valence-corrected chi connectivity index (χ0v) is 18.7. The van der Waals surface area contributed by atoms with Crippen LogP contribution in [0.5, 0.6) is 0 Å². The number of nitrogens with zero attached hydrogens (tertiary/aromatic N) is 3. The Bertz CT molecular complexity index is 995. The van der Waals surface area contributed by atoms with Gasteiger partial charge in [0.05, 0.1) is 11.6 Å². The SMILES string of the molecule is Cc1noc(C)c1CCC(=O)N1CCN(C(=O)C(c2ccccc2)c2ccccc2)CC1. The molecule has 0 spiro atoms. The van der Waals surface area contributed by atoms with Gasteiger partial charge in [0, 0.05) is 38.2 Å². The number of piperazine rings is 1. The molecule has 1 saturated heterocycles. The van der Waals surface area contributed by atoms with E-state index in [0.717, 1.165) is 28.1 Å². The summed E-state index contributed by atoms with van der Waals surface area (Å²) in [5.41, 5.74) is 3.84. The number of aryl methyl sites for hydroxylation is 2. The Morgan fingerprint density at radius 3 is 1.91 bits per heavy atom. The lowest BCUT2D eigenvalue weighted by Gasteiger charge is -2.36. The molecule has 1 aliphatic heterocycles. The van der Waals surface area contributed by atoms with Crippen LogP contribution in [0.1, 0.15) is 40.5 Å². The van der Waals surface area contributed by atoms with Crippen LogP contribution in [0.4, 0.5) is 0 Å². The summed E-state index contributed by atoms with van der Waals surface area (Å²) < 4.78 is 5.19. The van der Waals surface area contributed by atoms with Gasteiger partial charge in [-0.3, -0.25) is 9.59 Å². The smallest absolute Gasteiger partial charge is 0.234 e. The molecule has 1 fully saturated rings. The first-order valence-electron chi connectivity index (χ1n) is 11.1. The second-order valence-electron chi connectivity index (χ2n) is 8.26. The van der Waals surface area contributed by atoms with Crippen LogP contribution in [0.25, 0.3) is 0 Å². The fourth-order valence-corrected chi connectivity index (χ4v) is 4.38. The molecule has 1 aromatic heterocycles. The van der Waals surface area contributed by atoms with E-state index in [1.807, 2.05) is 84.3 Å². The Hall–Kier alpha value is -3.41. The average Bonchev–Trinajstić information content (AvgIpc) is 3.16. The summed E-state index contributed by atoms with van der Waals surface area (Å²) in [4.78, 5) is 30.0. The summed E-state index contributed by atoms with van der Waals surface area (Å²) in [5.74, 6) is 0.641. The number of rotatable bonds is 6. The lowest BCUT2D eigenvalue weighted by molar-refractivity contribution is -0.139. The van der Waals surface area contributed by atoms with E-state index in [9.17, 15) is 9.59 Å². The molecule has 0 unspecified atom stereocenters. The highest BCUT2D eigenvalue weighted by Crippen LogP contribution is 2.27. The van der Waals surface area contributed by atoms with Gasteiger partial charge in [-0.25, -0.2) is 0 Å². The third-order valence-corrected chi connectivity index (χ3v) is 6.23. The Kier molecular flexibility index (Phi) is 6.69. The minimum atomic E-state index is -0.334. The lowest BCUT2D eigenvalue weighted by atomic mass is 9.90. The molecule has 4 rings (SSSR count). The van der Waals surface area contributed by atoms with Crippen molar-refractivity contribution >= 4 is 11.8 Å². The number of carbonyl (C=O) groups is 2. The summed E-state index contributed by atoms with van der Waals surface area (Å²) in [7, 11) is 0. The average molecular weight is 432 g/mol. The first-order valence-corrected chi connectivity index (χ1v) is 11.1. The Morgan fingerprint density at radius 2 is 1.41 bits per heavy atom. The number of aromatic nitrogens is 1. The third kappa shape index (κ3) is 4.74. The van der Waals surface area contributed by atoms with Gasteiger partial charge < -0.3 is 14.3 Å². The molecule has 0 N–H and O–H groups in total. The maximum absolute atomic E-state index is 13.5. The van der Waals surface area contributed by atoms with Crippen molar-refractivity contribution in [2.45, 2.75) is 32.6 Å². The second-order valence-corrected chi connectivity index (χ2v) is 8.26. The van der Waals surface area contributed by atoms with Gasteiger partial charge in [0.2, 0.25) is 11.8 Å². The molecule has 1 aliphatic rings. The molecule has 2 heterocycles. The second kappa shape index (κ2) is 9.81. The summed E-state index contributed by atoms with van der Waals surface area (Å²) in [6.45, 7) is 5.99. The molecule has 166 valence electrons. The van der Waals surface area contributed by atoms with Crippen LogP contribution >= 0.6 is 0 Å². The van der Waals surface area contributed by atoms with Crippen LogP contribution in [-0.4, -0.2) is 52.9 Å². The molecule has 2 aromatic carbocycles. The molecule has 6 heteroatoms. The molecule has 32 heavy (non-hydrogen) atoms. The van der Waals surface area contributed by atoms with Crippen molar-refractivity contribution in [1.82, 2.24) is 15.0 Å². The minimum Gasteiger partial charge on any atom is -0.361 e. The van der Waals surface area contributed by atoms with Crippen molar-refractivity contribution < 1.29 is 14.1 Å². The zero-order valence-electron chi connectivity index (χ0n) is 18.7. The molecular weight excluding hydrogens is 402 g/mol. The van der Waals surface area contributed by atoms with E-state index >= 15 is 0 Å². The Morgan fingerprint density at radius 1 is 0.875 bits per heavy atom.